The fourth-order valence-electron chi connectivity index (χ4n) is 3.63. The molecule has 0 radical (unpaired) electrons. The van der Waals surface area contributed by atoms with Crippen LogP contribution in [0, 0.1) is 0 Å². The molecule has 8 heteroatoms. The molecule has 0 amide bonds. The third kappa shape index (κ3) is 3.41. The van der Waals surface area contributed by atoms with Crippen LogP contribution >= 0.6 is 11.6 Å². The van der Waals surface area contributed by atoms with Crippen molar-refractivity contribution in [3.63, 3.8) is 0 Å². The zero-order valence-electron chi connectivity index (χ0n) is 15.2. The van der Waals surface area contributed by atoms with Crippen LogP contribution in [-0.4, -0.2) is 41.2 Å². The predicted octanol–water partition coefficient (Wildman–Crippen LogP) is 3.01. The van der Waals surface area contributed by atoms with Gasteiger partial charge >= 0.3 is 0 Å². The highest BCUT2D eigenvalue weighted by atomic mass is 35.5. The summed E-state index contributed by atoms with van der Waals surface area (Å²) in [4.78, 5) is 18.1. The number of imidazole rings is 2. The summed E-state index contributed by atoms with van der Waals surface area (Å²) in [5.41, 5.74) is 4.45. The Balaban J connectivity index is 1.54. The molecule has 3 aromatic rings. The number of nitrogens with one attached hydrogen (secondary N) is 2. The van der Waals surface area contributed by atoms with E-state index in [4.69, 9.17) is 11.6 Å². The van der Waals surface area contributed by atoms with Crippen molar-refractivity contribution in [1.29, 1.82) is 0 Å². The quantitative estimate of drug-likeness (QED) is 0.696. The predicted molar refractivity (Wildman–Crippen MR) is 100.0 cm³/mol. The summed E-state index contributed by atoms with van der Waals surface area (Å²) < 4.78 is 1.84. The van der Waals surface area contributed by atoms with E-state index in [9.17, 15) is 0 Å². The van der Waals surface area contributed by atoms with Gasteiger partial charge in [-0.1, -0.05) is 24.9 Å². The maximum absolute atomic E-state index is 6.38. The van der Waals surface area contributed by atoms with Crippen molar-refractivity contribution in [2.45, 2.75) is 45.2 Å². The van der Waals surface area contributed by atoms with Crippen molar-refractivity contribution in [2.75, 3.05) is 6.54 Å². The van der Waals surface area contributed by atoms with Crippen molar-refractivity contribution in [1.82, 2.24) is 34.6 Å². The van der Waals surface area contributed by atoms with Crippen LogP contribution in [-0.2, 0) is 26.6 Å². The fourth-order valence-corrected chi connectivity index (χ4v) is 3.83. The number of aryl methyl sites for hydroxylation is 2. The Bertz CT molecular complexity index is 878. The van der Waals surface area contributed by atoms with Gasteiger partial charge in [-0.25, -0.2) is 9.97 Å². The second kappa shape index (κ2) is 7.25. The number of nitrogens with zero attached hydrogens (tertiary/aromatic N) is 5. The minimum absolute atomic E-state index is 0.208. The summed E-state index contributed by atoms with van der Waals surface area (Å²) in [6.07, 6.45) is 8.99. The molecule has 4 heterocycles. The maximum atomic E-state index is 6.38. The molecule has 0 saturated heterocycles. The molecule has 0 aromatic carbocycles. The number of rotatable bonds is 6. The zero-order chi connectivity index (χ0) is 18.1. The number of aromatic nitrogens is 6. The van der Waals surface area contributed by atoms with E-state index in [-0.39, 0.29) is 5.92 Å². The molecule has 1 aliphatic heterocycles. The summed E-state index contributed by atoms with van der Waals surface area (Å²) in [6, 6.07) is 0. The molecule has 0 aliphatic carbocycles. The van der Waals surface area contributed by atoms with Crippen molar-refractivity contribution in [3.05, 3.63) is 52.3 Å². The van der Waals surface area contributed by atoms with Gasteiger partial charge in [0.2, 0.25) is 0 Å². The Morgan fingerprint density at radius 1 is 1.38 bits per heavy atom. The van der Waals surface area contributed by atoms with Crippen LogP contribution in [0.25, 0.3) is 0 Å². The number of aromatic amines is 2. The van der Waals surface area contributed by atoms with Crippen LogP contribution < -0.4 is 0 Å². The molecule has 0 fully saturated rings. The molecular weight excluding hydrogens is 350 g/mol. The van der Waals surface area contributed by atoms with Crippen LogP contribution in [0.1, 0.15) is 54.2 Å². The second-order valence-corrected chi connectivity index (χ2v) is 7.35. The molecule has 2 N–H and O–H groups in total. The Labute approximate surface area is 157 Å². The van der Waals surface area contributed by atoms with Gasteiger partial charge in [-0.3, -0.25) is 9.58 Å². The number of H-pyrrole nitrogens is 2. The van der Waals surface area contributed by atoms with Crippen molar-refractivity contribution >= 4 is 11.6 Å². The topological polar surface area (TPSA) is 78.4 Å². The summed E-state index contributed by atoms with van der Waals surface area (Å²) in [5.74, 6) is 1.19. The minimum Gasteiger partial charge on any atom is -0.347 e. The highest BCUT2D eigenvalue weighted by Gasteiger charge is 2.30. The molecule has 4 rings (SSSR count). The maximum Gasteiger partial charge on any atom is 0.151 e. The summed E-state index contributed by atoms with van der Waals surface area (Å²) in [6.45, 7) is 4.63. The third-order valence-corrected chi connectivity index (χ3v) is 5.27. The van der Waals surface area contributed by atoms with Gasteiger partial charge in [-0.05, 0) is 6.42 Å². The number of unbranched alkanes of at least 4 members (excludes halogenated alkanes) is 1. The van der Waals surface area contributed by atoms with E-state index in [2.05, 4.69) is 43.1 Å². The van der Waals surface area contributed by atoms with Crippen LogP contribution in [0.2, 0.25) is 5.15 Å². The van der Waals surface area contributed by atoms with E-state index in [1.807, 2.05) is 17.9 Å². The van der Waals surface area contributed by atoms with Gasteiger partial charge in [-0.2, -0.15) is 5.10 Å². The molecule has 0 spiro atoms. The number of hydrogen-bond donors (Lipinski definition) is 2. The highest BCUT2D eigenvalue weighted by molar-refractivity contribution is 6.30. The van der Waals surface area contributed by atoms with Gasteiger partial charge in [0.1, 0.15) is 5.82 Å². The molecule has 138 valence electrons. The van der Waals surface area contributed by atoms with Crippen LogP contribution in [0.4, 0.5) is 0 Å². The van der Waals surface area contributed by atoms with Gasteiger partial charge in [0, 0.05) is 50.8 Å². The van der Waals surface area contributed by atoms with Crippen LogP contribution in [0.15, 0.2) is 18.7 Å². The Hall–Kier alpha value is -2.12. The second-order valence-electron chi connectivity index (χ2n) is 6.99. The highest BCUT2D eigenvalue weighted by Crippen LogP contribution is 2.32. The Kier molecular flexibility index (Phi) is 4.82. The van der Waals surface area contributed by atoms with E-state index in [1.165, 1.54) is 5.56 Å². The fraction of sp³-hybridized carbons (Fsp3) is 0.500. The first-order chi connectivity index (χ1) is 12.6. The molecule has 26 heavy (non-hydrogen) atoms. The molecule has 1 aliphatic rings. The van der Waals surface area contributed by atoms with E-state index < -0.39 is 0 Å². The molecule has 7 nitrogen and oxygen atoms in total. The third-order valence-electron chi connectivity index (χ3n) is 4.96. The molecule has 1 atom stereocenters. The molecule has 3 aromatic heterocycles. The summed E-state index contributed by atoms with van der Waals surface area (Å²) in [7, 11) is 1.94. The summed E-state index contributed by atoms with van der Waals surface area (Å²) >= 11 is 6.38. The Morgan fingerprint density at radius 2 is 2.27 bits per heavy atom. The lowest BCUT2D eigenvalue weighted by molar-refractivity contribution is 0.225. The van der Waals surface area contributed by atoms with Crippen LogP contribution in [0.5, 0.6) is 0 Å². The number of fused-ring (bicyclic) bond motifs is 1. The first kappa shape index (κ1) is 17.3. The van der Waals surface area contributed by atoms with Gasteiger partial charge in [0.15, 0.2) is 5.15 Å². The lowest BCUT2D eigenvalue weighted by Crippen LogP contribution is -2.34. The van der Waals surface area contributed by atoms with Gasteiger partial charge in [0.25, 0.3) is 0 Å². The van der Waals surface area contributed by atoms with Gasteiger partial charge in [0.05, 0.1) is 29.6 Å². The van der Waals surface area contributed by atoms with E-state index in [1.54, 1.807) is 6.33 Å². The SMILES string of the molecule is CCCCc1nc(Cl)c(CN2Cc3[nH]cnc3C(c3cnn(C)c3)C2)[nH]1. The van der Waals surface area contributed by atoms with Gasteiger partial charge < -0.3 is 9.97 Å². The van der Waals surface area contributed by atoms with Crippen molar-refractivity contribution < 1.29 is 0 Å². The van der Waals surface area contributed by atoms with E-state index in [0.717, 1.165) is 61.8 Å². The lowest BCUT2D eigenvalue weighted by Gasteiger charge is -2.31. The first-order valence-electron chi connectivity index (χ1n) is 9.10. The number of hydrogen-bond acceptors (Lipinski definition) is 4. The molecule has 0 bridgehead atoms. The minimum atomic E-state index is 0.208. The van der Waals surface area contributed by atoms with E-state index >= 15 is 0 Å². The van der Waals surface area contributed by atoms with Crippen molar-refractivity contribution in [3.8, 4) is 0 Å². The van der Waals surface area contributed by atoms with E-state index in [0.29, 0.717) is 5.15 Å². The normalized spacial score (nSPS) is 17.6. The Morgan fingerprint density at radius 3 is 3.04 bits per heavy atom. The largest absolute Gasteiger partial charge is 0.347 e. The monoisotopic (exact) mass is 373 g/mol. The zero-order valence-corrected chi connectivity index (χ0v) is 15.9. The average Bonchev–Trinajstić information content (AvgIpc) is 3.33. The molecule has 1 unspecified atom stereocenters. The van der Waals surface area contributed by atoms with Crippen LogP contribution in [0.3, 0.4) is 0 Å². The first-order valence-corrected chi connectivity index (χ1v) is 9.48. The number of halogens is 1. The van der Waals surface area contributed by atoms with Crippen molar-refractivity contribution in [2.24, 2.45) is 7.05 Å². The lowest BCUT2D eigenvalue weighted by atomic mass is 9.93. The molecule has 0 saturated carbocycles. The summed E-state index contributed by atoms with van der Waals surface area (Å²) in [5, 5.41) is 4.91. The standard InChI is InChI=1S/C18H24ClN7/c1-3-4-5-16-23-15(18(19)24-16)10-26-8-13(12-6-22-25(2)7-12)17-14(9-26)20-11-21-17/h6-7,11,13H,3-5,8-10H2,1-2H3,(H,20,21)(H,23,24). The smallest absolute Gasteiger partial charge is 0.151 e. The van der Waals surface area contributed by atoms with Gasteiger partial charge in [-0.15, -0.1) is 0 Å². The average molecular weight is 374 g/mol. The molecular formula is C18H24ClN7.